The number of carbonyl (C=O) groups excluding carboxylic acids is 2. The number of benzene rings is 1. The van der Waals surface area contributed by atoms with Gasteiger partial charge in [-0.1, -0.05) is 6.92 Å². The average molecular weight is 365 g/mol. The molecule has 0 spiro atoms. The van der Waals surface area contributed by atoms with Crippen LogP contribution in [-0.2, 0) is 9.53 Å². The van der Waals surface area contributed by atoms with E-state index in [1.54, 1.807) is 4.90 Å². The van der Waals surface area contributed by atoms with Crippen LogP contribution in [0.2, 0.25) is 0 Å². The fourth-order valence-electron chi connectivity index (χ4n) is 2.87. The van der Waals surface area contributed by atoms with Gasteiger partial charge < -0.3 is 20.1 Å². The van der Waals surface area contributed by atoms with E-state index in [0.29, 0.717) is 24.7 Å². The van der Waals surface area contributed by atoms with Crippen molar-refractivity contribution in [3.8, 4) is 0 Å². The van der Waals surface area contributed by atoms with E-state index in [1.165, 1.54) is 12.1 Å². The molecule has 1 aromatic rings. The number of aliphatic hydroxyl groups is 1. The zero-order valence-corrected chi connectivity index (χ0v) is 14.6. The highest BCUT2D eigenvalue weighted by Crippen LogP contribution is 2.23. The minimum atomic E-state index is -0.826. The Kier molecular flexibility index (Phi) is 6.90. The summed E-state index contributed by atoms with van der Waals surface area (Å²) in [6.07, 6.45) is 1.98. The van der Waals surface area contributed by atoms with Crippen molar-refractivity contribution in [2.45, 2.75) is 19.8 Å². The summed E-state index contributed by atoms with van der Waals surface area (Å²) in [7, 11) is 0. The van der Waals surface area contributed by atoms with E-state index in [2.05, 4.69) is 12.2 Å². The first kappa shape index (κ1) is 19.6. The molecule has 9 heteroatoms. The van der Waals surface area contributed by atoms with Gasteiger partial charge in [0.25, 0.3) is 11.6 Å². The van der Waals surface area contributed by atoms with Gasteiger partial charge in [0, 0.05) is 37.5 Å². The van der Waals surface area contributed by atoms with Crippen molar-refractivity contribution < 1.29 is 24.4 Å². The second-order valence-corrected chi connectivity index (χ2v) is 6.30. The van der Waals surface area contributed by atoms with Crippen LogP contribution in [0.15, 0.2) is 18.2 Å². The Balaban J connectivity index is 2.05. The number of nitro groups is 1. The third-order valence-corrected chi connectivity index (χ3v) is 4.20. The third kappa shape index (κ3) is 5.16. The van der Waals surface area contributed by atoms with Crippen LogP contribution < -0.4 is 5.32 Å². The highest BCUT2D eigenvalue weighted by molar-refractivity contribution is 5.97. The molecule has 1 aliphatic rings. The number of nitrogens with zero attached hydrogens (tertiary/aromatic N) is 2. The molecule has 0 saturated carbocycles. The number of carbonyl (C=O) groups is 2. The van der Waals surface area contributed by atoms with Gasteiger partial charge in [-0.2, -0.15) is 0 Å². The van der Waals surface area contributed by atoms with Crippen molar-refractivity contribution in [1.82, 2.24) is 4.90 Å². The molecular formula is C17H23N3O6. The maximum absolute atomic E-state index is 12.3. The van der Waals surface area contributed by atoms with Gasteiger partial charge in [0.1, 0.15) is 0 Å². The number of nitrogens with one attached hydrogen (secondary N) is 1. The Hall–Kier alpha value is -2.68. The van der Waals surface area contributed by atoms with Gasteiger partial charge in [-0.25, -0.2) is 4.79 Å². The van der Waals surface area contributed by atoms with Crippen molar-refractivity contribution in [2.24, 2.45) is 5.92 Å². The molecule has 2 rings (SSSR count). The number of hydrogen-bond donors (Lipinski definition) is 2. The first-order valence-corrected chi connectivity index (χ1v) is 8.50. The number of rotatable bonds is 7. The summed E-state index contributed by atoms with van der Waals surface area (Å²) in [6, 6.07) is 3.71. The molecule has 0 aromatic heterocycles. The number of ether oxygens (including phenoxy) is 1. The standard InChI is InChI=1S/C17H23N3O6/c1-12-3-2-7-19(10-12)16(22)11-26-17(23)14-9-13(20(24)25)4-5-15(14)18-6-8-21/h4-5,9,12,18,21H,2-3,6-8,10-11H2,1H3/t12-/m1/s1. The first-order chi connectivity index (χ1) is 12.4. The summed E-state index contributed by atoms with van der Waals surface area (Å²) in [6.45, 7) is 2.93. The van der Waals surface area contributed by atoms with Gasteiger partial charge in [0.05, 0.1) is 17.1 Å². The predicted octanol–water partition coefficient (Wildman–Crippen LogP) is 1.41. The zero-order valence-electron chi connectivity index (χ0n) is 14.6. The lowest BCUT2D eigenvalue weighted by atomic mass is 10.0. The highest BCUT2D eigenvalue weighted by atomic mass is 16.6. The van der Waals surface area contributed by atoms with E-state index >= 15 is 0 Å². The SMILES string of the molecule is C[C@@H]1CCCN(C(=O)COC(=O)c2cc([N+](=O)[O-])ccc2NCCO)C1. The molecule has 1 aromatic carbocycles. The largest absolute Gasteiger partial charge is 0.452 e. The molecule has 1 fully saturated rings. The number of aliphatic hydroxyl groups excluding tert-OH is 1. The number of esters is 1. The van der Waals surface area contributed by atoms with Crippen LogP contribution in [0.25, 0.3) is 0 Å². The lowest BCUT2D eigenvalue weighted by Gasteiger charge is -2.30. The van der Waals surface area contributed by atoms with E-state index in [1.807, 2.05) is 0 Å². The summed E-state index contributed by atoms with van der Waals surface area (Å²) in [5, 5.41) is 22.6. The van der Waals surface area contributed by atoms with E-state index in [-0.39, 0.29) is 30.3 Å². The number of piperidine rings is 1. The molecule has 142 valence electrons. The van der Waals surface area contributed by atoms with Crippen LogP contribution >= 0.6 is 0 Å². The zero-order chi connectivity index (χ0) is 19.1. The smallest absolute Gasteiger partial charge is 0.341 e. The second kappa shape index (κ2) is 9.14. The molecule has 0 bridgehead atoms. The maximum atomic E-state index is 12.3. The Morgan fingerprint density at radius 1 is 1.46 bits per heavy atom. The van der Waals surface area contributed by atoms with Crippen molar-refractivity contribution in [1.29, 1.82) is 0 Å². The predicted molar refractivity (Wildman–Crippen MR) is 93.9 cm³/mol. The molecule has 0 radical (unpaired) electrons. The van der Waals surface area contributed by atoms with Gasteiger partial charge >= 0.3 is 5.97 Å². The fraction of sp³-hybridized carbons (Fsp3) is 0.529. The number of likely N-dealkylation sites (tertiary alicyclic amines) is 1. The normalized spacial score (nSPS) is 16.8. The van der Waals surface area contributed by atoms with E-state index in [9.17, 15) is 19.7 Å². The number of nitro benzene ring substituents is 1. The summed E-state index contributed by atoms with van der Waals surface area (Å²) < 4.78 is 5.08. The maximum Gasteiger partial charge on any atom is 0.341 e. The molecule has 1 atom stereocenters. The minimum absolute atomic E-state index is 0.0486. The Bertz CT molecular complexity index is 678. The van der Waals surface area contributed by atoms with E-state index in [0.717, 1.165) is 18.9 Å². The number of amides is 1. The Morgan fingerprint density at radius 3 is 2.88 bits per heavy atom. The van der Waals surface area contributed by atoms with Crippen LogP contribution in [0.5, 0.6) is 0 Å². The molecule has 1 aliphatic heterocycles. The van der Waals surface area contributed by atoms with Crippen LogP contribution in [0, 0.1) is 16.0 Å². The monoisotopic (exact) mass is 365 g/mol. The van der Waals surface area contributed by atoms with Gasteiger partial charge in [0.15, 0.2) is 6.61 Å². The van der Waals surface area contributed by atoms with Gasteiger partial charge in [-0.15, -0.1) is 0 Å². The van der Waals surface area contributed by atoms with Crippen molar-refractivity contribution in [3.63, 3.8) is 0 Å². The first-order valence-electron chi connectivity index (χ1n) is 8.50. The van der Waals surface area contributed by atoms with Crippen LogP contribution in [-0.4, -0.2) is 59.7 Å². The van der Waals surface area contributed by atoms with Gasteiger partial charge in [-0.05, 0) is 24.8 Å². The quantitative estimate of drug-likeness (QED) is 0.425. The molecule has 0 unspecified atom stereocenters. The number of hydrogen-bond acceptors (Lipinski definition) is 7. The molecule has 26 heavy (non-hydrogen) atoms. The van der Waals surface area contributed by atoms with Crippen molar-refractivity contribution in [2.75, 3.05) is 38.2 Å². The second-order valence-electron chi connectivity index (χ2n) is 6.30. The molecule has 1 amide bonds. The third-order valence-electron chi connectivity index (χ3n) is 4.20. The van der Waals surface area contributed by atoms with Crippen LogP contribution in [0.3, 0.4) is 0 Å². The molecule has 2 N–H and O–H groups in total. The number of non-ortho nitro benzene ring substituents is 1. The Morgan fingerprint density at radius 2 is 2.23 bits per heavy atom. The van der Waals surface area contributed by atoms with Gasteiger partial charge in [0.2, 0.25) is 0 Å². The van der Waals surface area contributed by atoms with Crippen LogP contribution in [0.1, 0.15) is 30.1 Å². The lowest BCUT2D eigenvalue weighted by molar-refractivity contribution is -0.384. The van der Waals surface area contributed by atoms with Crippen molar-refractivity contribution in [3.05, 3.63) is 33.9 Å². The summed E-state index contributed by atoms with van der Waals surface area (Å²) >= 11 is 0. The number of anilines is 1. The Labute approximate surface area is 151 Å². The summed E-state index contributed by atoms with van der Waals surface area (Å²) in [5.74, 6) is -0.692. The molecule has 1 heterocycles. The molecular weight excluding hydrogens is 342 g/mol. The highest BCUT2D eigenvalue weighted by Gasteiger charge is 2.23. The fourth-order valence-corrected chi connectivity index (χ4v) is 2.87. The summed E-state index contributed by atoms with van der Waals surface area (Å²) in [4.78, 5) is 36.5. The minimum Gasteiger partial charge on any atom is -0.452 e. The van der Waals surface area contributed by atoms with E-state index < -0.39 is 17.5 Å². The molecule has 0 aliphatic carbocycles. The molecule has 9 nitrogen and oxygen atoms in total. The van der Waals surface area contributed by atoms with Gasteiger partial charge in [-0.3, -0.25) is 14.9 Å². The summed E-state index contributed by atoms with van der Waals surface area (Å²) in [5.41, 5.74) is -0.0103. The topological polar surface area (TPSA) is 122 Å². The lowest BCUT2D eigenvalue weighted by Crippen LogP contribution is -2.41. The molecule has 1 saturated heterocycles. The van der Waals surface area contributed by atoms with Crippen LogP contribution in [0.4, 0.5) is 11.4 Å². The van der Waals surface area contributed by atoms with E-state index in [4.69, 9.17) is 9.84 Å². The average Bonchev–Trinajstić information content (AvgIpc) is 2.63. The van der Waals surface area contributed by atoms with Crippen molar-refractivity contribution >= 4 is 23.3 Å².